The maximum Gasteiger partial charge on any atom is 0.248 e. The third-order valence-electron chi connectivity index (χ3n) is 9.76. The van der Waals surface area contributed by atoms with E-state index in [-0.39, 0.29) is 25.7 Å². The van der Waals surface area contributed by atoms with Crippen molar-refractivity contribution in [3.05, 3.63) is 0 Å². The number of amides is 2. The van der Waals surface area contributed by atoms with E-state index in [1.165, 1.54) is 193 Å². The molecule has 0 rings (SSSR count). The Hall–Kier alpha value is -1.14. The number of primary amides is 1. The first-order valence-corrected chi connectivity index (χ1v) is 21.3. The number of unbranched alkanes of at least 4 members (excludes halogenated alkanes) is 30. The van der Waals surface area contributed by atoms with Crippen molar-refractivity contribution >= 4 is 11.8 Å². The number of carbonyl (C=O) groups is 2. The molecule has 48 heavy (non-hydrogen) atoms. The molecule has 286 valence electrons. The van der Waals surface area contributed by atoms with Gasteiger partial charge in [-0.05, 0) is 12.8 Å². The van der Waals surface area contributed by atoms with Gasteiger partial charge in [0.15, 0.2) is 0 Å². The monoisotopic (exact) mass is 681 g/mol. The van der Waals surface area contributed by atoms with Crippen LogP contribution >= 0.6 is 0 Å². The van der Waals surface area contributed by atoms with Gasteiger partial charge in [-0.2, -0.15) is 0 Å². The standard InChI is InChI=1S/C42H84N2O4/c1-3-5-7-9-11-13-15-17-19-21-23-25-27-29-31-33-35-44(42(46)40-48-38-37-47-39-41(43)45)36-34-32-30-28-26-24-22-20-18-16-14-12-10-8-6-4-2/h3-40H2,1-2H3,(H2,43,45). The Labute approximate surface area is 299 Å². The van der Waals surface area contributed by atoms with Crippen LogP contribution in [0.2, 0.25) is 0 Å². The molecule has 0 fully saturated rings. The number of rotatable bonds is 41. The SMILES string of the molecule is CCCCCCCCCCCCCCCCCCN(CCCCCCCCCCCCCCCCCC)C(=O)COCCOCC(N)=O. The summed E-state index contributed by atoms with van der Waals surface area (Å²) in [6, 6.07) is 0. The molecule has 6 heteroatoms. The molecule has 0 aliphatic heterocycles. The van der Waals surface area contributed by atoms with Crippen LogP contribution in [-0.2, 0) is 19.1 Å². The Kier molecular flexibility index (Phi) is 39.3. The van der Waals surface area contributed by atoms with Crippen molar-refractivity contribution in [2.45, 2.75) is 219 Å². The summed E-state index contributed by atoms with van der Waals surface area (Å²) >= 11 is 0. The molecule has 0 aliphatic rings. The van der Waals surface area contributed by atoms with Gasteiger partial charge in [0.05, 0.1) is 13.2 Å². The molecule has 0 saturated carbocycles. The van der Waals surface area contributed by atoms with E-state index in [4.69, 9.17) is 15.2 Å². The summed E-state index contributed by atoms with van der Waals surface area (Å²) in [6.07, 6.45) is 43.4. The smallest absolute Gasteiger partial charge is 0.248 e. The van der Waals surface area contributed by atoms with Crippen molar-refractivity contribution in [1.29, 1.82) is 0 Å². The second kappa shape index (κ2) is 40.3. The van der Waals surface area contributed by atoms with Gasteiger partial charge >= 0.3 is 0 Å². The molecule has 6 nitrogen and oxygen atoms in total. The summed E-state index contributed by atoms with van der Waals surface area (Å²) in [7, 11) is 0. The number of nitrogens with two attached hydrogens (primary N) is 1. The lowest BCUT2D eigenvalue weighted by molar-refractivity contribution is -0.137. The van der Waals surface area contributed by atoms with E-state index in [1.54, 1.807) is 0 Å². The second-order valence-corrected chi connectivity index (χ2v) is 14.6. The fourth-order valence-corrected chi connectivity index (χ4v) is 6.60. The van der Waals surface area contributed by atoms with E-state index in [9.17, 15) is 9.59 Å². The Balaban J connectivity index is 3.96. The molecule has 0 saturated heterocycles. The summed E-state index contributed by atoms with van der Waals surface area (Å²) in [5.74, 6) is -0.415. The lowest BCUT2D eigenvalue weighted by Crippen LogP contribution is -2.36. The number of carbonyl (C=O) groups excluding carboxylic acids is 2. The lowest BCUT2D eigenvalue weighted by Gasteiger charge is -2.23. The summed E-state index contributed by atoms with van der Waals surface area (Å²) in [4.78, 5) is 25.8. The molecular weight excluding hydrogens is 596 g/mol. The average Bonchev–Trinajstić information content (AvgIpc) is 3.08. The molecule has 0 aromatic heterocycles. The fraction of sp³-hybridized carbons (Fsp3) is 0.952. The molecule has 2 N–H and O–H groups in total. The molecule has 0 atom stereocenters. The van der Waals surface area contributed by atoms with Crippen LogP contribution in [0.1, 0.15) is 219 Å². The minimum Gasteiger partial charge on any atom is -0.369 e. The van der Waals surface area contributed by atoms with Crippen LogP contribution in [0, 0.1) is 0 Å². The van der Waals surface area contributed by atoms with Crippen LogP contribution in [0.3, 0.4) is 0 Å². The first kappa shape index (κ1) is 46.9. The average molecular weight is 681 g/mol. The van der Waals surface area contributed by atoms with Crippen LogP contribution in [-0.4, -0.2) is 56.2 Å². The fourth-order valence-electron chi connectivity index (χ4n) is 6.60. The van der Waals surface area contributed by atoms with Gasteiger partial charge in [-0.15, -0.1) is 0 Å². The molecule has 0 heterocycles. The minimum absolute atomic E-state index is 0.0758. The first-order valence-electron chi connectivity index (χ1n) is 21.3. The molecule has 0 aromatic carbocycles. The number of ether oxygens (including phenoxy) is 2. The Morgan fingerprint density at radius 2 is 0.646 bits per heavy atom. The van der Waals surface area contributed by atoms with E-state index in [2.05, 4.69) is 13.8 Å². The molecule has 2 amide bonds. The minimum atomic E-state index is -0.491. The predicted molar refractivity (Wildman–Crippen MR) is 207 cm³/mol. The molecule has 0 spiro atoms. The predicted octanol–water partition coefficient (Wildman–Crippen LogP) is 11.9. The van der Waals surface area contributed by atoms with Gasteiger partial charge in [-0.25, -0.2) is 0 Å². The first-order chi connectivity index (χ1) is 23.6. The molecule has 0 aliphatic carbocycles. The normalized spacial score (nSPS) is 11.4. The van der Waals surface area contributed by atoms with Gasteiger partial charge in [-0.1, -0.05) is 206 Å². The summed E-state index contributed by atoms with van der Waals surface area (Å²) in [5, 5.41) is 0. The highest BCUT2D eigenvalue weighted by molar-refractivity contribution is 5.77. The van der Waals surface area contributed by atoms with Crippen LogP contribution in [0.5, 0.6) is 0 Å². The Morgan fingerprint density at radius 1 is 0.396 bits per heavy atom. The van der Waals surface area contributed by atoms with E-state index < -0.39 is 5.91 Å². The zero-order chi connectivity index (χ0) is 35.0. The molecule has 0 unspecified atom stereocenters. The third-order valence-corrected chi connectivity index (χ3v) is 9.76. The molecular formula is C42H84N2O4. The van der Waals surface area contributed by atoms with Crippen molar-refractivity contribution < 1.29 is 19.1 Å². The van der Waals surface area contributed by atoms with Gasteiger partial charge < -0.3 is 20.1 Å². The Morgan fingerprint density at radius 3 is 0.917 bits per heavy atom. The highest BCUT2D eigenvalue weighted by atomic mass is 16.5. The van der Waals surface area contributed by atoms with Crippen molar-refractivity contribution in [2.75, 3.05) is 39.5 Å². The van der Waals surface area contributed by atoms with Crippen molar-refractivity contribution in [2.24, 2.45) is 5.73 Å². The summed E-state index contributed by atoms with van der Waals surface area (Å²) in [5.41, 5.74) is 5.10. The molecule has 0 bridgehead atoms. The maximum absolute atomic E-state index is 13.0. The quantitative estimate of drug-likeness (QED) is 0.0652. The van der Waals surface area contributed by atoms with Gasteiger partial charge in [0.2, 0.25) is 11.8 Å². The summed E-state index contributed by atoms with van der Waals surface area (Å²) in [6.45, 7) is 6.78. The second-order valence-electron chi connectivity index (χ2n) is 14.6. The van der Waals surface area contributed by atoms with Crippen molar-refractivity contribution in [3.8, 4) is 0 Å². The maximum atomic E-state index is 13.0. The van der Waals surface area contributed by atoms with E-state index in [0.717, 1.165) is 25.9 Å². The Bertz CT molecular complexity index is 624. The topological polar surface area (TPSA) is 81.9 Å². The van der Waals surface area contributed by atoms with Crippen molar-refractivity contribution in [1.82, 2.24) is 4.90 Å². The number of hydrogen-bond donors (Lipinski definition) is 1. The zero-order valence-electron chi connectivity index (χ0n) is 32.5. The van der Waals surface area contributed by atoms with Crippen LogP contribution in [0.4, 0.5) is 0 Å². The molecule has 0 aromatic rings. The van der Waals surface area contributed by atoms with E-state index in [1.807, 2.05) is 4.90 Å². The van der Waals surface area contributed by atoms with E-state index >= 15 is 0 Å². The molecule has 0 radical (unpaired) electrons. The van der Waals surface area contributed by atoms with Gasteiger partial charge in [0, 0.05) is 13.1 Å². The van der Waals surface area contributed by atoms with Crippen molar-refractivity contribution in [3.63, 3.8) is 0 Å². The largest absolute Gasteiger partial charge is 0.369 e. The lowest BCUT2D eigenvalue weighted by atomic mass is 10.0. The third kappa shape index (κ3) is 37.7. The van der Waals surface area contributed by atoms with Gasteiger partial charge in [0.1, 0.15) is 13.2 Å². The highest BCUT2D eigenvalue weighted by Crippen LogP contribution is 2.16. The highest BCUT2D eigenvalue weighted by Gasteiger charge is 2.13. The number of nitrogens with zero attached hydrogens (tertiary/aromatic N) is 1. The van der Waals surface area contributed by atoms with Crippen LogP contribution in [0.15, 0.2) is 0 Å². The van der Waals surface area contributed by atoms with Gasteiger partial charge in [-0.3, -0.25) is 9.59 Å². The number of hydrogen-bond acceptors (Lipinski definition) is 4. The van der Waals surface area contributed by atoms with E-state index in [0.29, 0.717) is 6.61 Å². The van der Waals surface area contributed by atoms with Crippen LogP contribution < -0.4 is 5.73 Å². The van der Waals surface area contributed by atoms with Gasteiger partial charge in [0.25, 0.3) is 0 Å². The summed E-state index contributed by atoms with van der Waals surface area (Å²) < 4.78 is 10.7. The van der Waals surface area contributed by atoms with Crippen LogP contribution in [0.25, 0.3) is 0 Å². The zero-order valence-corrected chi connectivity index (χ0v) is 32.5.